The number of nitrogens with two attached hydrogens (primary N) is 1. The van der Waals surface area contributed by atoms with Gasteiger partial charge in [0.1, 0.15) is 17.8 Å². The molecule has 0 unspecified atom stereocenters. The molecule has 4 N–H and O–H groups in total. The number of carbonyl (C=O) groups excluding carboxylic acids is 3. The molecule has 0 aliphatic heterocycles. The van der Waals surface area contributed by atoms with Gasteiger partial charge in [0.25, 0.3) is 0 Å². The Balaban J connectivity index is 2.39. The van der Waals surface area contributed by atoms with Crippen molar-refractivity contribution in [1.29, 1.82) is 0 Å². The molecule has 0 radical (unpaired) electrons. The van der Waals surface area contributed by atoms with Crippen molar-refractivity contribution >= 4 is 17.7 Å². The van der Waals surface area contributed by atoms with Gasteiger partial charge in [-0.1, -0.05) is 48.5 Å². The molecule has 2 aromatic rings. The summed E-state index contributed by atoms with van der Waals surface area (Å²) in [6.45, 7) is 6.23. The van der Waals surface area contributed by atoms with E-state index >= 15 is 0 Å². The van der Waals surface area contributed by atoms with Gasteiger partial charge < -0.3 is 20.7 Å². The first-order valence-corrected chi connectivity index (χ1v) is 10.6. The zero-order valence-corrected chi connectivity index (χ0v) is 19.7. The molecular weight excluding hydrogens is 424 g/mol. The van der Waals surface area contributed by atoms with Gasteiger partial charge in [-0.2, -0.15) is 0 Å². The predicted molar refractivity (Wildman–Crippen MR) is 124 cm³/mol. The Morgan fingerprint density at radius 1 is 0.848 bits per heavy atom. The van der Waals surface area contributed by atoms with E-state index in [-0.39, 0.29) is 24.2 Å². The van der Waals surface area contributed by atoms with Crippen molar-refractivity contribution in [1.82, 2.24) is 4.90 Å². The van der Waals surface area contributed by atoms with E-state index in [1.165, 1.54) is 27.7 Å². The molecule has 0 bridgehead atoms. The average molecular weight is 457 g/mol. The van der Waals surface area contributed by atoms with Crippen molar-refractivity contribution in [2.75, 3.05) is 20.2 Å². The molecule has 2 rings (SSSR count). The first kappa shape index (κ1) is 26.2. The van der Waals surface area contributed by atoms with Crippen LogP contribution in [0.25, 0.3) is 0 Å². The van der Waals surface area contributed by atoms with Gasteiger partial charge in [-0.3, -0.25) is 14.5 Å². The maximum Gasteiger partial charge on any atom is 0.404 e. The highest BCUT2D eigenvalue weighted by molar-refractivity contribution is 6.02. The molecule has 0 atom stereocenters. The highest BCUT2D eigenvalue weighted by Gasteiger charge is 2.27. The molecule has 8 heteroatoms. The molecule has 0 spiro atoms. The topological polar surface area (TPSA) is 130 Å². The van der Waals surface area contributed by atoms with Crippen molar-refractivity contribution in [2.24, 2.45) is 5.73 Å². The molecule has 0 saturated carbocycles. The van der Waals surface area contributed by atoms with Crippen LogP contribution in [-0.4, -0.2) is 64.2 Å². The number of nitrogens with zero attached hydrogens (tertiary/aromatic N) is 1. The average Bonchev–Trinajstić information content (AvgIpc) is 2.72. The van der Waals surface area contributed by atoms with Gasteiger partial charge in [0.05, 0.1) is 6.04 Å². The van der Waals surface area contributed by atoms with Crippen LogP contribution in [-0.2, 0) is 4.74 Å². The van der Waals surface area contributed by atoms with E-state index in [2.05, 4.69) is 0 Å². The van der Waals surface area contributed by atoms with E-state index in [0.29, 0.717) is 17.7 Å². The molecule has 178 valence electrons. The van der Waals surface area contributed by atoms with Gasteiger partial charge in [0.2, 0.25) is 0 Å². The Kier molecular flexibility index (Phi) is 8.13. The second-order valence-corrected chi connectivity index (χ2v) is 9.07. The number of benzene rings is 2. The van der Waals surface area contributed by atoms with Crippen LogP contribution >= 0.6 is 0 Å². The van der Waals surface area contributed by atoms with E-state index in [0.717, 1.165) is 11.1 Å². The fourth-order valence-electron chi connectivity index (χ4n) is 3.46. The Hall–Kier alpha value is -3.07. The molecule has 0 aliphatic rings. The predicted octanol–water partition coefficient (Wildman–Crippen LogP) is 2.71. The second kappa shape index (κ2) is 10.2. The van der Waals surface area contributed by atoms with E-state index in [1.807, 2.05) is 11.9 Å². The zero-order chi connectivity index (χ0) is 25.0. The van der Waals surface area contributed by atoms with Gasteiger partial charge in [0.15, 0.2) is 11.6 Å². The minimum absolute atomic E-state index is 0.0902. The molecule has 0 heterocycles. The molecule has 0 fully saturated rings. The fraction of sp³-hybridized carbons (Fsp3) is 0.400. The lowest BCUT2D eigenvalue weighted by Crippen LogP contribution is -2.32. The number of carbonyl (C=O) groups is 3. The van der Waals surface area contributed by atoms with Crippen LogP contribution < -0.4 is 5.73 Å². The highest BCUT2D eigenvalue weighted by atomic mass is 16.5. The van der Waals surface area contributed by atoms with E-state index in [9.17, 15) is 24.6 Å². The first-order chi connectivity index (χ1) is 15.2. The summed E-state index contributed by atoms with van der Waals surface area (Å²) in [5.74, 6) is -0.772. The summed E-state index contributed by atoms with van der Waals surface area (Å²) < 4.78 is 4.86. The summed E-state index contributed by atoms with van der Waals surface area (Å²) in [7, 11) is 1.85. The highest BCUT2D eigenvalue weighted by Crippen LogP contribution is 2.29. The normalized spacial score (nSPS) is 12.2. The lowest BCUT2D eigenvalue weighted by Gasteiger charge is -2.29. The summed E-state index contributed by atoms with van der Waals surface area (Å²) in [5.41, 5.74) is 4.57. The Morgan fingerprint density at radius 3 is 1.52 bits per heavy atom. The molecule has 0 saturated heterocycles. The third kappa shape index (κ3) is 6.95. The minimum Gasteiger partial charge on any atom is -0.448 e. The Labute approximate surface area is 194 Å². The number of hydrogen-bond donors (Lipinski definition) is 3. The van der Waals surface area contributed by atoms with Crippen LogP contribution in [0.5, 0.6) is 0 Å². The smallest absolute Gasteiger partial charge is 0.404 e. The number of ether oxygens (including phenoxy) is 1. The monoisotopic (exact) mass is 456 g/mol. The third-order valence-electron chi connectivity index (χ3n) is 5.22. The van der Waals surface area contributed by atoms with Gasteiger partial charge in [-0.15, -0.1) is 0 Å². The largest absolute Gasteiger partial charge is 0.448 e. The third-order valence-corrected chi connectivity index (χ3v) is 5.22. The number of ketones is 2. The number of Topliss-reactive ketones (excluding diaryl/α,β-unsaturated/α-hetero) is 2. The van der Waals surface area contributed by atoms with E-state index in [1.54, 1.807) is 48.5 Å². The van der Waals surface area contributed by atoms with Crippen LogP contribution in [0.2, 0.25) is 0 Å². The molecule has 8 nitrogen and oxygen atoms in total. The SMILES string of the molecule is CN(CCOC(N)=O)C(c1ccc(C(=O)C(C)(C)O)cc1)c1ccc(C(=O)C(C)(C)O)cc1. The van der Waals surface area contributed by atoms with Gasteiger partial charge in [-0.25, -0.2) is 4.79 Å². The van der Waals surface area contributed by atoms with E-state index < -0.39 is 17.3 Å². The van der Waals surface area contributed by atoms with Gasteiger partial charge in [0, 0.05) is 17.7 Å². The van der Waals surface area contributed by atoms with Crippen molar-refractivity contribution in [2.45, 2.75) is 44.9 Å². The molecule has 1 amide bonds. The molecule has 0 aromatic heterocycles. The van der Waals surface area contributed by atoms with Crippen LogP contribution in [0.15, 0.2) is 48.5 Å². The standard InChI is InChI=1S/C25H32N2O6/c1-24(2,31)21(28)18-10-6-16(7-11-18)20(27(5)14-15-33-23(26)30)17-8-12-19(13-9-17)22(29)25(3,4)32/h6-13,20,31-32H,14-15H2,1-5H3,(H2,26,30). The zero-order valence-electron chi connectivity index (χ0n) is 19.7. The van der Waals surface area contributed by atoms with Crippen molar-refractivity contribution < 1.29 is 29.3 Å². The number of amides is 1. The lowest BCUT2D eigenvalue weighted by molar-refractivity contribution is 0.0487. The summed E-state index contributed by atoms with van der Waals surface area (Å²) >= 11 is 0. The summed E-state index contributed by atoms with van der Waals surface area (Å²) in [5, 5.41) is 20.0. The van der Waals surface area contributed by atoms with Crippen molar-refractivity contribution in [3.8, 4) is 0 Å². The molecular formula is C25H32N2O6. The Morgan fingerprint density at radius 2 is 1.21 bits per heavy atom. The number of primary amides is 1. The number of hydrogen-bond acceptors (Lipinski definition) is 7. The number of rotatable bonds is 10. The molecule has 2 aromatic carbocycles. The lowest BCUT2D eigenvalue weighted by atomic mass is 9.91. The van der Waals surface area contributed by atoms with Crippen LogP contribution in [0.3, 0.4) is 0 Å². The fourth-order valence-corrected chi connectivity index (χ4v) is 3.46. The van der Waals surface area contributed by atoms with Crippen LogP contribution in [0.1, 0.15) is 65.6 Å². The maximum absolute atomic E-state index is 12.4. The number of aliphatic hydroxyl groups is 2. The van der Waals surface area contributed by atoms with Crippen molar-refractivity contribution in [3.63, 3.8) is 0 Å². The maximum atomic E-state index is 12.4. The summed E-state index contributed by atoms with van der Waals surface area (Å²) in [4.78, 5) is 37.6. The first-order valence-electron chi connectivity index (χ1n) is 10.6. The quantitative estimate of drug-likeness (QED) is 0.469. The summed E-state index contributed by atoms with van der Waals surface area (Å²) in [6, 6.07) is 13.5. The van der Waals surface area contributed by atoms with E-state index in [4.69, 9.17) is 10.5 Å². The van der Waals surface area contributed by atoms with Gasteiger partial charge in [-0.05, 0) is 45.9 Å². The minimum atomic E-state index is -1.48. The molecule has 33 heavy (non-hydrogen) atoms. The second-order valence-electron chi connectivity index (χ2n) is 9.07. The van der Waals surface area contributed by atoms with Crippen LogP contribution in [0.4, 0.5) is 4.79 Å². The molecule has 0 aliphatic carbocycles. The van der Waals surface area contributed by atoms with Gasteiger partial charge >= 0.3 is 6.09 Å². The Bertz CT molecular complexity index is 916. The van der Waals surface area contributed by atoms with Crippen LogP contribution in [0, 0.1) is 0 Å². The summed E-state index contributed by atoms with van der Waals surface area (Å²) in [6.07, 6.45) is -0.857. The van der Waals surface area contributed by atoms with Crippen molar-refractivity contribution in [3.05, 3.63) is 70.8 Å². The number of likely N-dealkylation sites (N-methyl/N-ethyl adjacent to an activating group) is 1.